The van der Waals surface area contributed by atoms with Gasteiger partial charge in [-0.1, -0.05) is 96.2 Å². The molecule has 1 fully saturated rings. The molecule has 1 aliphatic rings. The first-order chi connectivity index (χ1) is 12.7. The number of benzene rings is 2. The Balaban J connectivity index is 1.41. The van der Waals surface area contributed by atoms with Gasteiger partial charge in [-0.15, -0.1) is 0 Å². The number of hydrogen-bond donors (Lipinski definition) is 0. The molecule has 0 bridgehead atoms. The van der Waals surface area contributed by atoms with Gasteiger partial charge in [-0.25, -0.2) is 0 Å². The van der Waals surface area contributed by atoms with E-state index < -0.39 is 0 Å². The Labute approximate surface area is 163 Å². The second kappa shape index (κ2) is 10.2. The normalized spacial score (nSPS) is 18.5. The van der Waals surface area contributed by atoms with Gasteiger partial charge in [-0.2, -0.15) is 0 Å². The summed E-state index contributed by atoms with van der Waals surface area (Å²) < 4.78 is 0. The van der Waals surface area contributed by atoms with Crippen LogP contribution >= 0.6 is 0 Å². The van der Waals surface area contributed by atoms with Crippen LogP contribution in [0.3, 0.4) is 0 Å². The Morgan fingerprint density at radius 3 is 2.15 bits per heavy atom. The van der Waals surface area contributed by atoms with E-state index >= 15 is 0 Å². The molecule has 138 valence electrons. The Bertz CT molecular complexity index is 631. The van der Waals surface area contributed by atoms with Gasteiger partial charge in [0.25, 0.3) is 0 Å². The van der Waals surface area contributed by atoms with Crippen molar-refractivity contribution < 1.29 is 0 Å². The maximum atomic E-state index is 2.76. The SMILES string of the molecule is C[Si](CCCN1CCCC(C[Si](C)c2ccccc2)C1)c1ccccc1. The highest BCUT2D eigenvalue weighted by molar-refractivity contribution is 6.72. The van der Waals surface area contributed by atoms with Crippen LogP contribution in [-0.4, -0.2) is 42.1 Å². The highest BCUT2D eigenvalue weighted by atomic mass is 28.3. The van der Waals surface area contributed by atoms with Gasteiger partial charge in [-0.3, -0.25) is 0 Å². The third-order valence-corrected chi connectivity index (χ3v) is 10.7. The van der Waals surface area contributed by atoms with Gasteiger partial charge >= 0.3 is 0 Å². The molecule has 0 aliphatic carbocycles. The van der Waals surface area contributed by atoms with Crippen molar-refractivity contribution in [3.63, 3.8) is 0 Å². The lowest BCUT2D eigenvalue weighted by Crippen LogP contribution is -2.39. The van der Waals surface area contributed by atoms with E-state index in [0.717, 1.165) is 5.92 Å². The summed E-state index contributed by atoms with van der Waals surface area (Å²) in [5, 5.41) is 3.20. The van der Waals surface area contributed by atoms with E-state index in [-0.39, 0.29) is 17.6 Å². The average molecular weight is 380 g/mol. The zero-order valence-corrected chi connectivity index (χ0v) is 18.5. The maximum absolute atomic E-state index is 2.76. The summed E-state index contributed by atoms with van der Waals surface area (Å²) in [4.78, 5) is 2.76. The van der Waals surface area contributed by atoms with Crippen LogP contribution in [0.4, 0.5) is 0 Å². The van der Waals surface area contributed by atoms with Crippen LogP contribution in [0.2, 0.25) is 25.2 Å². The topological polar surface area (TPSA) is 3.24 Å². The summed E-state index contributed by atoms with van der Waals surface area (Å²) in [6.07, 6.45) is 4.21. The smallest absolute Gasteiger partial charge is 0.0827 e. The van der Waals surface area contributed by atoms with Gasteiger partial charge in [0.15, 0.2) is 0 Å². The number of nitrogens with zero attached hydrogens (tertiary/aromatic N) is 1. The molecule has 0 aromatic heterocycles. The first kappa shape index (κ1) is 19.6. The first-order valence-corrected chi connectivity index (χ1v) is 14.6. The van der Waals surface area contributed by atoms with E-state index in [0.29, 0.717) is 0 Å². The molecule has 1 aliphatic heterocycles. The van der Waals surface area contributed by atoms with Crippen LogP contribution < -0.4 is 10.4 Å². The number of piperidine rings is 1. The van der Waals surface area contributed by atoms with Gasteiger partial charge in [0.1, 0.15) is 0 Å². The largest absolute Gasteiger partial charge is 0.303 e. The molecule has 26 heavy (non-hydrogen) atoms. The lowest BCUT2D eigenvalue weighted by Gasteiger charge is -2.34. The molecule has 2 aromatic rings. The van der Waals surface area contributed by atoms with Crippen molar-refractivity contribution in [3.05, 3.63) is 60.7 Å². The monoisotopic (exact) mass is 379 g/mol. The fourth-order valence-electron chi connectivity index (χ4n) is 4.23. The van der Waals surface area contributed by atoms with Gasteiger partial charge in [0, 0.05) is 6.54 Å². The second-order valence-electron chi connectivity index (χ2n) is 7.91. The van der Waals surface area contributed by atoms with Crippen LogP contribution in [0.15, 0.2) is 60.7 Å². The van der Waals surface area contributed by atoms with E-state index in [2.05, 4.69) is 78.7 Å². The Morgan fingerprint density at radius 1 is 0.885 bits per heavy atom. The summed E-state index contributed by atoms with van der Waals surface area (Å²) in [6, 6.07) is 25.2. The van der Waals surface area contributed by atoms with Crippen LogP contribution in [0.5, 0.6) is 0 Å². The molecule has 1 atom stereocenters. The molecule has 0 amide bonds. The quantitative estimate of drug-likeness (QED) is 0.623. The lowest BCUT2D eigenvalue weighted by molar-refractivity contribution is 0.184. The van der Waals surface area contributed by atoms with Gasteiger partial charge in [0.05, 0.1) is 17.6 Å². The fourth-order valence-corrected chi connectivity index (χ4v) is 8.16. The molecular formula is C23H33NSi2. The standard InChI is InChI=1S/C23H33NSi2/c1-25(22-12-5-3-6-13-22)18-10-17-24-16-9-11-21(19-24)20-26(2)23-14-7-4-8-15-23/h3-8,12-15,21H,9-11,16-20H2,1-2H3. The van der Waals surface area contributed by atoms with Gasteiger partial charge in [-0.05, 0) is 38.3 Å². The molecule has 0 N–H and O–H groups in total. The third-order valence-electron chi connectivity index (χ3n) is 5.76. The van der Waals surface area contributed by atoms with Crippen LogP contribution in [0.1, 0.15) is 19.3 Å². The minimum absolute atomic E-state index is 0.357. The zero-order chi connectivity index (χ0) is 18.2. The lowest BCUT2D eigenvalue weighted by atomic mass is 10.00. The van der Waals surface area contributed by atoms with Crippen molar-refractivity contribution in [2.45, 2.75) is 44.4 Å². The van der Waals surface area contributed by atoms with E-state index in [1.54, 1.807) is 10.4 Å². The molecule has 1 unspecified atom stereocenters. The highest BCUT2D eigenvalue weighted by Crippen LogP contribution is 2.22. The molecule has 0 saturated carbocycles. The van der Waals surface area contributed by atoms with Crippen LogP contribution in [-0.2, 0) is 0 Å². The van der Waals surface area contributed by atoms with Crippen molar-refractivity contribution in [1.29, 1.82) is 0 Å². The zero-order valence-electron chi connectivity index (χ0n) is 16.5. The van der Waals surface area contributed by atoms with Crippen LogP contribution in [0.25, 0.3) is 0 Å². The molecule has 2 aromatic carbocycles. The number of rotatable bonds is 8. The van der Waals surface area contributed by atoms with E-state index in [9.17, 15) is 0 Å². The first-order valence-electron chi connectivity index (χ1n) is 10.2. The maximum Gasteiger partial charge on any atom is 0.0827 e. The minimum atomic E-state index is -0.380. The van der Waals surface area contributed by atoms with Gasteiger partial charge < -0.3 is 4.90 Å². The Hall–Kier alpha value is -1.17. The van der Waals surface area contributed by atoms with Crippen molar-refractivity contribution in [2.75, 3.05) is 19.6 Å². The average Bonchev–Trinajstić information content (AvgIpc) is 2.69. The van der Waals surface area contributed by atoms with Gasteiger partial charge in [0.2, 0.25) is 0 Å². The second-order valence-corrected chi connectivity index (χ2v) is 13.1. The Morgan fingerprint density at radius 2 is 1.50 bits per heavy atom. The van der Waals surface area contributed by atoms with E-state index in [1.165, 1.54) is 51.0 Å². The highest BCUT2D eigenvalue weighted by Gasteiger charge is 2.22. The summed E-state index contributed by atoms with van der Waals surface area (Å²) in [7, 11) is -0.737. The summed E-state index contributed by atoms with van der Waals surface area (Å²) >= 11 is 0. The molecule has 3 rings (SSSR count). The molecule has 1 heterocycles. The molecule has 1 nitrogen and oxygen atoms in total. The molecule has 1 saturated heterocycles. The molecule has 2 radical (unpaired) electrons. The summed E-state index contributed by atoms with van der Waals surface area (Å²) in [5.74, 6) is 0.920. The molecule has 0 spiro atoms. The number of likely N-dealkylation sites (tertiary alicyclic amines) is 1. The van der Waals surface area contributed by atoms with Crippen molar-refractivity contribution in [2.24, 2.45) is 5.92 Å². The third kappa shape index (κ3) is 5.93. The fraction of sp³-hybridized carbons (Fsp3) is 0.478. The van der Waals surface area contributed by atoms with Crippen LogP contribution in [0, 0.1) is 5.92 Å². The van der Waals surface area contributed by atoms with Crippen molar-refractivity contribution >= 4 is 28.0 Å². The molecule has 3 heteroatoms. The van der Waals surface area contributed by atoms with E-state index in [1.807, 2.05) is 0 Å². The minimum Gasteiger partial charge on any atom is -0.303 e. The van der Waals surface area contributed by atoms with Crippen molar-refractivity contribution in [3.8, 4) is 0 Å². The molecular weight excluding hydrogens is 346 g/mol. The number of hydrogen-bond acceptors (Lipinski definition) is 1. The predicted octanol–water partition coefficient (Wildman–Crippen LogP) is 4.15. The van der Waals surface area contributed by atoms with Crippen molar-refractivity contribution in [1.82, 2.24) is 4.90 Å². The summed E-state index contributed by atoms with van der Waals surface area (Å²) in [5.41, 5.74) is 0. The predicted molar refractivity (Wildman–Crippen MR) is 119 cm³/mol. The summed E-state index contributed by atoms with van der Waals surface area (Å²) in [6.45, 7) is 8.95. The van der Waals surface area contributed by atoms with E-state index in [4.69, 9.17) is 0 Å². The Kier molecular flexibility index (Phi) is 7.72.